The summed E-state index contributed by atoms with van der Waals surface area (Å²) >= 11 is 2.16. The molecule has 1 aromatic carbocycles. The Morgan fingerprint density at radius 3 is 2.86 bits per heavy atom. The molecule has 4 heteroatoms. The van der Waals surface area contributed by atoms with Gasteiger partial charge in [0.25, 0.3) is 5.91 Å². The zero-order valence-corrected chi connectivity index (χ0v) is 9.97. The van der Waals surface area contributed by atoms with Gasteiger partial charge >= 0.3 is 0 Å². The first kappa shape index (κ1) is 11.4. The minimum Gasteiger partial charge on any atom is -0.351 e. The monoisotopic (exact) mass is 307 g/mol. The fourth-order valence-electron chi connectivity index (χ4n) is 0.997. The molecule has 0 fully saturated rings. The van der Waals surface area contributed by atoms with E-state index in [-0.39, 0.29) is 11.7 Å². The van der Waals surface area contributed by atoms with E-state index in [0.29, 0.717) is 17.7 Å². The van der Waals surface area contributed by atoms with Crippen molar-refractivity contribution in [3.63, 3.8) is 0 Å². The number of benzene rings is 1. The smallest absolute Gasteiger partial charge is 0.251 e. The third-order valence-corrected chi connectivity index (χ3v) is 2.35. The first-order valence-electron chi connectivity index (χ1n) is 4.25. The van der Waals surface area contributed by atoms with E-state index in [0.717, 1.165) is 4.43 Å². The second kappa shape index (κ2) is 5.29. The van der Waals surface area contributed by atoms with Crippen LogP contribution in [0.15, 0.2) is 18.2 Å². The van der Waals surface area contributed by atoms with Crippen molar-refractivity contribution in [3.05, 3.63) is 35.1 Å². The quantitative estimate of drug-likeness (QED) is 0.674. The van der Waals surface area contributed by atoms with Crippen molar-refractivity contribution in [3.8, 4) is 0 Å². The first-order valence-corrected chi connectivity index (χ1v) is 5.78. The Balaban J connectivity index is 2.76. The lowest BCUT2D eigenvalue weighted by atomic mass is 10.1. The van der Waals surface area contributed by atoms with E-state index in [4.69, 9.17) is 0 Å². The van der Waals surface area contributed by atoms with Crippen molar-refractivity contribution in [2.75, 3.05) is 11.0 Å². The van der Waals surface area contributed by atoms with Crippen molar-refractivity contribution in [1.82, 2.24) is 5.32 Å². The summed E-state index contributed by atoms with van der Waals surface area (Å²) in [4.78, 5) is 11.4. The lowest BCUT2D eigenvalue weighted by molar-refractivity contribution is 0.0956. The highest BCUT2D eigenvalue weighted by Crippen LogP contribution is 2.08. The third kappa shape index (κ3) is 2.94. The molecule has 0 saturated heterocycles. The zero-order chi connectivity index (χ0) is 10.6. The van der Waals surface area contributed by atoms with E-state index in [9.17, 15) is 9.18 Å². The second-order valence-electron chi connectivity index (χ2n) is 2.91. The minimum atomic E-state index is -0.341. The van der Waals surface area contributed by atoms with E-state index < -0.39 is 0 Å². The molecule has 0 aromatic heterocycles. The molecule has 0 radical (unpaired) electrons. The molecule has 1 amide bonds. The molecule has 2 nitrogen and oxygen atoms in total. The molecular formula is C10H11FINO. The molecular weight excluding hydrogens is 296 g/mol. The number of rotatable bonds is 3. The molecule has 0 aliphatic rings. The van der Waals surface area contributed by atoms with Gasteiger partial charge in [0.05, 0.1) is 0 Å². The van der Waals surface area contributed by atoms with Crippen LogP contribution >= 0.6 is 22.6 Å². The van der Waals surface area contributed by atoms with Gasteiger partial charge in [-0.2, -0.15) is 0 Å². The van der Waals surface area contributed by atoms with E-state index >= 15 is 0 Å². The van der Waals surface area contributed by atoms with Gasteiger partial charge in [-0.15, -0.1) is 0 Å². The van der Waals surface area contributed by atoms with Gasteiger partial charge in [-0.3, -0.25) is 4.79 Å². The maximum absolute atomic E-state index is 13.1. The van der Waals surface area contributed by atoms with Gasteiger partial charge in [-0.25, -0.2) is 4.39 Å². The van der Waals surface area contributed by atoms with Gasteiger partial charge in [0, 0.05) is 16.5 Å². The Morgan fingerprint density at radius 1 is 1.57 bits per heavy atom. The molecule has 0 atom stereocenters. The topological polar surface area (TPSA) is 29.1 Å². The number of hydrogen-bond donors (Lipinski definition) is 1. The molecule has 1 N–H and O–H groups in total. The molecule has 0 heterocycles. The standard InChI is InChI=1S/C10H11FINO/c1-7-2-3-8(6-9(7)11)10(14)13-5-4-12/h2-3,6H,4-5H2,1H3,(H,13,14). The number of carbonyl (C=O) groups excluding carboxylic acids is 1. The van der Waals surface area contributed by atoms with Crippen molar-refractivity contribution < 1.29 is 9.18 Å². The molecule has 0 aliphatic carbocycles. The minimum absolute atomic E-state index is 0.222. The Labute approximate surface area is 96.0 Å². The van der Waals surface area contributed by atoms with Crippen molar-refractivity contribution in [2.45, 2.75) is 6.92 Å². The number of carbonyl (C=O) groups is 1. The lowest BCUT2D eigenvalue weighted by Gasteiger charge is -2.03. The van der Waals surface area contributed by atoms with Crippen LogP contribution in [0.4, 0.5) is 4.39 Å². The van der Waals surface area contributed by atoms with Gasteiger partial charge in [-0.05, 0) is 24.6 Å². The molecule has 0 saturated carbocycles. The molecule has 76 valence electrons. The highest BCUT2D eigenvalue weighted by atomic mass is 127. The number of halogens is 2. The van der Waals surface area contributed by atoms with Crippen molar-refractivity contribution in [2.24, 2.45) is 0 Å². The summed E-state index contributed by atoms with van der Waals surface area (Å²) in [5, 5.41) is 2.68. The van der Waals surface area contributed by atoms with E-state index in [1.54, 1.807) is 19.1 Å². The molecule has 0 unspecified atom stereocenters. The summed E-state index contributed by atoms with van der Waals surface area (Å²) in [7, 11) is 0. The Hall–Kier alpha value is -0.650. The Bertz CT molecular complexity index is 341. The van der Waals surface area contributed by atoms with E-state index in [2.05, 4.69) is 27.9 Å². The number of nitrogens with one attached hydrogen (secondary N) is 1. The van der Waals surface area contributed by atoms with Gasteiger partial charge in [0.1, 0.15) is 5.82 Å². The molecule has 0 bridgehead atoms. The van der Waals surface area contributed by atoms with Gasteiger partial charge < -0.3 is 5.32 Å². The van der Waals surface area contributed by atoms with Crippen LogP contribution < -0.4 is 5.32 Å². The number of hydrogen-bond acceptors (Lipinski definition) is 1. The van der Waals surface area contributed by atoms with Crippen LogP contribution in [0.25, 0.3) is 0 Å². The second-order valence-corrected chi connectivity index (χ2v) is 3.99. The molecule has 1 aromatic rings. The van der Waals surface area contributed by atoms with Crippen LogP contribution in [0.3, 0.4) is 0 Å². The summed E-state index contributed by atoms with van der Waals surface area (Å²) in [6.07, 6.45) is 0. The van der Waals surface area contributed by atoms with Gasteiger partial charge in [0.15, 0.2) is 0 Å². The normalized spacial score (nSPS) is 9.93. The Kier molecular flexibility index (Phi) is 4.31. The zero-order valence-electron chi connectivity index (χ0n) is 7.81. The van der Waals surface area contributed by atoms with E-state index in [1.807, 2.05) is 0 Å². The number of amides is 1. The summed E-state index contributed by atoms with van der Waals surface area (Å²) in [5.74, 6) is -0.562. The van der Waals surface area contributed by atoms with Crippen molar-refractivity contribution in [1.29, 1.82) is 0 Å². The molecule has 1 rings (SSSR count). The van der Waals surface area contributed by atoms with Crippen LogP contribution in [-0.4, -0.2) is 16.9 Å². The first-order chi connectivity index (χ1) is 6.65. The fraction of sp³-hybridized carbons (Fsp3) is 0.300. The van der Waals surface area contributed by atoms with Gasteiger partial charge in [0.2, 0.25) is 0 Å². The average molecular weight is 307 g/mol. The SMILES string of the molecule is Cc1ccc(C(=O)NCCI)cc1F. The largest absolute Gasteiger partial charge is 0.351 e. The molecule has 14 heavy (non-hydrogen) atoms. The highest BCUT2D eigenvalue weighted by molar-refractivity contribution is 14.1. The van der Waals surface area contributed by atoms with Gasteiger partial charge in [-0.1, -0.05) is 28.7 Å². The van der Waals surface area contributed by atoms with Crippen LogP contribution in [0.5, 0.6) is 0 Å². The maximum Gasteiger partial charge on any atom is 0.251 e. The molecule has 0 spiro atoms. The number of aryl methyl sites for hydroxylation is 1. The average Bonchev–Trinajstić information content (AvgIpc) is 2.18. The van der Waals surface area contributed by atoms with Crippen LogP contribution in [-0.2, 0) is 0 Å². The maximum atomic E-state index is 13.1. The summed E-state index contributed by atoms with van der Waals surface area (Å²) < 4.78 is 13.9. The predicted molar refractivity (Wildman–Crippen MR) is 62.4 cm³/mol. The third-order valence-electron chi connectivity index (χ3n) is 1.81. The summed E-state index contributed by atoms with van der Waals surface area (Å²) in [6.45, 7) is 2.27. The predicted octanol–water partition coefficient (Wildman–Crippen LogP) is 2.30. The van der Waals surface area contributed by atoms with Crippen LogP contribution in [0, 0.1) is 12.7 Å². The van der Waals surface area contributed by atoms with Crippen molar-refractivity contribution >= 4 is 28.5 Å². The lowest BCUT2D eigenvalue weighted by Crippen LogP contribution is -2.25. The highest BCUT2D eigenvalue weighted by Gasteiger charge is 2.06. The summed E-state index contributed by atoms with van der Waals surface area (Å²) in [6, 6.07) is 4.49. The Morgan fingerprint density at radius 2 is 2.29 bits per heavy atom. The number of alkyl halides is 1. The summed E-state index contributed by atoms with van der Waals surface area (Å²) in [5.41, 5.74) is 0.924. The molecule has 0 aliphatic heterocycles. The van der Waals surface area contributed by atoms with E-state index in [1.165, 1.54) is 6.07 Å². The van der Waals surface area contributed by atoms with Crippen LogP contribution in [0.2, 0.25) is 0 Å². The fourth-order valence-corrected chi connectivity index (χ4v) is 1.27. The van der Waals surface area contributed by atoms with Crippen LogP contribution in [0.1, 0.15) is 15.9 Å².